The fourth-order valence-electron chi connectivity index (χ4n) is 2.22. The summed E-state index contributed by atoms with van der Waals surface area (Å²) >= 11 is 0. The number of nitrogens with one attached hydrogen (secondary N) is 1. The Balaban J connectivity index is 2.21. The Bertz CT molecular complexity index is 554. The normalized spacial score (nSPS) is 11.8. The zero-order chi connectivity index (χ0) is 15.1. The smallest absolute Gasteiger partial charge is 0.142 e. The lowest BCUT2D eigenvalue weighted by atomic mass is 10.1. The molecule has 2 aromatic rings. The summed E-state index contributed by atoms with van der Waals surface area (Å²) in [7, 11) is 0. The van der Waals surface area contributed by atoms with Crippen LogP contribution in [-0.4, -0.2) is 13.2 Å². The van der Waals surface area contributed by atoms with Crippen LogP contribution in [0, 0.1) is 0 Å². The minimum Gasteiger partial charge on any atom is -0.494 e. The van der Waals surface area contributed by atoms with Crippen molar-refractivity contribution < 1.29 is 9.47 Å². The molecule has 0 saturated carbocycles. The lowest BCUT2D eigenvalue weighted by Gasteiger charge is -2.19. The molecule has 0 fully saturated rings. The summed E-state index contributed by atoms with van der Waals surface area (Å²) in [5.74, 6) is 1.70. The molecule has 0 saturated heterocycles. The van der Waals surface area contributed by atoms with E-state index in [0.717, 1.165) is 17.2 Å². The summed E-state index contributed by atoms with van der Waals surface area (Å²) in [6.45, 7) is 7.40. The minimum atomic E-state index is 0.197. The number of hydrogen-bond acceptors (Lipinski definition) is 3. The van der Waals surface area contributed by atoms with Gasteiger partial charge in [0, 0.05) is 12.1 Å². The lowest BCUT2D eigenvalue weighted by Crippen LogP contribution is -2.08. The Labute approximate surface area is 126 Å². The van der Waals surface area contributed by atoms with Crippen molar-refractivity contribution in [1.82, 2.24) is 0 Å². The summed E-state index contributed by atoms with van der Waals surface area (Å²) < 4.78 is 11.3. The van der Waals surface area contributed by atoms with E-state index in [-0.39, 0.29) is 6.04 Å². The molecular weight excluding hydrogens is 262 g/mol. The van der Waals surface area contributed by atoms with E-state index < -0.39 is 0 Å². The number of rotatable bonds is 7. The van der Waals surface area contributed by atoms with Crippen LogP contribution in [0.25, 0.3) is 0 Å². The molecule has 0 aliphatic rings. The molecule has 0 spiro atoms. The van der Waals surface area contributed by atoms with E-state index in [9.17, 15) is 0 Å². The van der Waals surface area contributed by atoms with Crippen LogP contribution in [0.2, 0.25) is 0 Å². The predicted octanol–water partition coefficient (Wildman–Crippen LogP) is 4.66. The standard InChI is InChI=1S/C18H23NO2/c1-4-20-16-11-12-18(21-5-2)17(13-16)19-14(3)15-9-7-6-8-10-15/h6-14,19H,4-5H2,1-3H3. The van der Waals surface area contributed by atoms with Crippen LogP contribution in [-0.2, 0) is 0 Å². The third-order valence-electron chi connectivity index (χ3n) is 3.23. The van der Waals surface area contributed by atoms with Crippen molar-refractivity contribution in [3.8, 4) is 11.5 Å². The van der Waals surface area contributed by atoms with Gasteiger partial charge in [-0.3, -0.25) is 0 Å². The van der Waals surface area contributed by atoms with Gasteiger partial charge in [0.25, 0.3) is 0 Å². The summed E-state index contributed by atoms with van der Waals surface area (Å²) in [5, 5.41) is 3.51. The second-order valence-corrected chi connectivity index (χ2v) is 4.80. The average Bonchev–Trinajstić information content (AvgIpc) is 2.51. The third kappa shape index (κ3) is 4.15. The maximum absolute atomic E-state index is 5.69. The van der Waals surface area contributed by atoms with E-state index in [4.69, 9.17) is 9.47 Å². The van der Waals surface area contributed by atoms with Crippen molar-refractivity contribution in [1.29, 1.82) is 0 Å². The second kappa shape index (κ2) is 7.58. The number of benzene rings is 2. The molecule has 0 aromatic heterocycles. The van der Waals surface area contributed by atoms with Gasteiger partial charge in [0.05, 0.1) is 18.9 Å². The Kier molecular flexibility index (Phi) is 5.50. The van der Waals surface area contributed by atoms with Gasteiger partial charge < -0.3 is 14.8 Å². The van der Waals surface area contributed by atoms with Gasteiger partial charge in [-0.05, 0) is 38.5 Å². The molecule has 21 heavy (non-hydrogen) atoms. The number of anilines is 1. The van der Waals surface area contributed by atoms with E-state index in [2.05, 4.69) is 24.4 Å². The Hall–Kier alpha value is -2.16. The minimum absolute atomic E-state index is 0.197. The fraction of sp³-hybridized carbons (Fsp3) is 0.333. The monoisotopic (exact) mass is 285 g/mol. The van der Waals surface area contributed by atoms with Gasteiger partial charge in [0.1, 0.15) is 11.5 Å². The highest BCUT2D eigenvalue weighted by molar-refractivity contribution is 5.60. The maximum atomic E-state index is 5.69. The van der Waals surface area contributed by atoms with Gasteiger partial charge >= 0.3 is 0 Å². The zero-order valence-corrected chi connectivity index (χ0v) is 12.9. The van der Waals surface area contributed by atoms with Crippen LogP contribution < -0.4 is 14.8 Å². The van der Waals surface area contributed by atoms with Gasteiger partial charge in [-0.25, -0.2) is 0 Å². The maximum Gasteiger partial charge on any atom is 0.142 e. The van der Waals surface area contributed by atoms with Crippen LogP contribution >= 0.6 is 0 Å². The van der Waals surface area contributed by atoms with Crippen LogP contribution in [0.4, 0.5) is 5.69 Å². The predicted molar refractivity (Wildman–Crippen MR) is 87.3 cm³/mol. The number of hydrogen-bond donors (Lipinski definition) is 1. The van der Waals surface area contributed by atoms with Gasteiger partial charge in [-0.1, -0.05) is 30.3 Å². The van der Waals surface area contributed by atoms with Crippen molar-refractivity contribution in [3.63, 3.8) is 0 Å². The molecule has 3 heteroatoms. The molecular formula is C18H23NO2. The highest BCUT2D eigenvalue weighted by Crippen LogP contribution is 2.32. The first-order valence-corrected chi connectivity index (χ1v) is 7.45. The van der Waals surface area contributed by atoms with E-state index in [1.165, 1.54) is 5.56 Å². The summed E-state index contributed by atoms with van der Waals surface area (Å²) in [4.78, 5) is 0. The molecule has 3 nitrogen and oxygen atoms in total. The summed E-state index contributed by atoms with van der Waals surface area (Å²) in [6.07, 6.45) is 0. The molecule has 0 aliphatic heterocycles. The second-order valence-electron chi connectivity index (χ2n) is 4.80. The van der Waals surface area contributed by atoms with E-state index in [1.807, 2.05) is 50.2 Å². The molecule has 0 radical (unpaired) electrons. The fourth-order valence-corrected chi connectivity index (χ4v) is 2.22. The van der Waals surface area contributed by atoms with E-state index in [0.29, 0.717) is 13.2 Å². The highest BCUT2D eigenvalue weighted by atomic mass is 16.5. The first-order valence-electron chi connectivity index (χ1n) is 7.45. The SMILES string of the molecule is CCOc1ccc(OCC)c(NC(C)c2ccccc2)c1. The highest BCUT2D eigenvalue weighted by Gasteiger charge is 2.10. The molecule has 1 atom stereocenters. The van der Waals surface area contributed by atoms with Crippen LogP contribution in [0.3, 0.4) is 0 Å². The van der Waals surface area contributed by atoms with Crippen molar-refractivity contribution in [3.05, 3.63) is 54.1 Å². The van der Waals surface area contributed by atoms with Gasteiger partial charge in [-0.15, -0.1) is 0 Å². The lowest BCUT2D eigenvalue weighted by molar-refractivity contribution is 0.331. The van der Waals surface area contributed by atoms with Crippen LogP contribution in [0.1, 0.15) is 32.4 Å². The molecule has 112 valence electrons. The Morgan fingerprint density at radius 1 is 0.952 bits per heavy atom. The molecule has 1 unspecified atom stereocenters. The molecule has 0 amide bonds. The van der Waals surface area contributed by atoms with Crippen molar-refractivity contribution >= 4 is 5.69 Å². The van der Waals surface area contributed by atoms with E-state index in [1.54, 1.807) is 0 Å². The first kappa shape index (κ1) is 15.2. The van der Waals surface area contributed by atoms with Crippen molar-refractivity contribution in [2.75, 3.05) is 18.5 Å². The van der Waals surface area contributed by atoms with Crippen LogP contribution in [0.15, 0.2) is 48.5 Å². The van der Waals surface area contributed by atoms with Crippen molar-refractivity contribution in [2.45, 2.75) is 26.8 Å². The summed E-state index contributed by atoms with van der Waals surface area (Å²) in [5.41, 5.74) is 2.20. The molecule has 1 N–H and O–H groups in total. The van der Waals surface area contributed by atoms with Gasteiger partial charge in [0.2, 0.25) is 0 Å². The molecule has 0 aliphatic carbocycles. The summed E-state index contributed by atoms with van der Waals surface area (Å²) in [6, 6.07) is 16.4. The van der Waals surface area contributed by atoms with Crippen molar-refractivity contribution in [2.24, 2.45) is 0 Å². The average molecular weight is 285 g/mol. The first-order chi connectivity index (χ1) is 10.2. The van der Waals surface area contributed by atoms with Crippen LogP contribution in [0.5, 0.6) is 11.5 Å². The Morgan fingerprint density at radius 3 is 2.33 bits per heavy atom. The largest absolute Gasteiger partial charge is 0.494 e. The van der Waals surface area contributed by atoms with Gasteiger partial charge in [-0.2, -0.15) is 0 Å². The molecule has 0 bridgehead atoms. The third-order valence-corrected chi connectivity index (χ3v) is 3.23. The molecule has 0 heterocycles. The quantitative estimate of drug-likeness (QED) is 0.802. The zero-order valence-electron chi connectivity index (χ0n) is 12.9. The topological polar surface area (TPSA) is 30.5 Å². The van der Waals surface area contributed by atoms with E-state index >= 15 is 0 Å². The van der Waals surface area contributed by atoms with Gasteiger partial charge in [0.15, 0.2) is 0 Å². The molecule has 2 aromatic carbocycles. The molecule has 2 rings (SSSR count). The Morgan fingerprint density at radius 2 is 1.67 bits per heavy atom. The number of ether oxygens (including phenoxy) is 2.